The van der Waals surface area contributed by atoms with Gasteiger partial charge in [-0.1, -0.05) is 25.5 Å². The maximum Gasteiger partial charge on any atom is 0.203 e. The van der Waals surface area contributed by atoms with E-state index in [0.717, 1.165) is 54.7 Å². The monoisotopic (exact) mass is 507 g/mol. The Balaban J connectivity index is 1.71. The maximum atomic E-state index is 5.56. The molecule has 0 radical (unpaired) electrons. The van der Waals surface area contributed by atoms with Crippen LogP contribution in [0.15, 0.2) is 45.8 Å². The van der Waals surface area contributed by atoms with E-state index in [9.17, 15) is 0 Å². The predicted octanol–water partition coefficient (Wildman–Crippen LogP) is 5.77. The minimum absolute atomic E-state index is 0.525. The number of para-hydroxylation sites is 1. The molecule has 35 heavy (non-hydrogen) atoms. The van der Waals surface area contributed by atoms with E-state index in [1.54, 1.807) is 32.7 Å². The number of hydrogen-bond donors (Lipinski definition) is 0. The standard InChI is InChI=1S/C25H25N5O3S2/c1-6-9-16-20-21(30(2)29-16)24(35-25-26-15-10-7-8-11-19(15)34-25)28-23(27-20)14-12-17(31-3)22(33-5)18(13-14)32-4/h7-8,10-13H,6,9H2,1-5H3. The summed E-state index contributed by atoms with van der Waals surface area (Å²) in [5.41, 5.74) is 4.43. The van der Waals surface area contributed by atoms with Gasteiger partial charge in [0.2, 0.25) is 5.75 Å². The van der Waals surface area contributed by atoms with Crippen LogP contribution >= 0.6 is 23.1 Å². The second-order valence-corrected chi connectivity index (χ2v) is 10.1. The first-order valence-corrected chi connectivity index (χ1v) is 12.8. The molecule has 0 aliphatic rings. The van der Waals surface area contributed by atoms with Gasteiger partial charge in [-0.05, 0) is 42.4 Å². The van der Waals surface area contributed by atoms with Gasteiger partial charge in [0.15, 0.2) is 21.7 Å². The molecule has 5 aromatic rings. The molecule has 0 aliphatic heterocycles. The van der Waals surface area contributed by atoms with E-state index >= 15 is 0 Å². The van der Waals surface area contributed by atoms with Crippen LogP contribution in [0.25, 0.3) is 32.6 Å². The zero-order chi connectivity index (χ0) is 24.5. The van der Waals surface area contributed by atoms with Gasteiger partial charge in [0.1, 0.15) is 16.1 Å². The first-order valence-electron chi connectivity index (χ1n) is 11.1. The van der Waals surface area contributed by atoms with Gasteiger partial charge in [-0.2, -0.15) is 5.10 Å². The molecule has 2 aromatic carbocycles. The van der Waals surface area contributed by atoms with Crippen molar-refractivity contribution in [2.24, 2.45) is 7.05 Å². The highest BCUT2D eigenvalue weighted by Gasteiger charge is 2.22. The second-order valence-electron chi connectivity index (χ2n) is 7.83. The Kier molecular flexibility index (Phi) is 6.48. The number of aromatic nitrogens is 5. The van der Waals surface area contributed by atoms with E-state index in [1.807, 2.05) is 42.1 Å². The fourth-order valence-corrected chi connectivity index (χ4v) is 6.14. The van der Waals surface area contributed by atoms with Crippen LogP contribution in [0.2, 0.25) is 0 Å². The SMILES string of the molecule is CCCc1nn(C)c2c(Sc3nc4ccccc4s3)nc(-c3cc(OC)c(OC)c(OC)c3)nc12. The van der Waals surface area contributed by atoms with Crippen LogP contribution in [0.1, 0.15) is 19.0 Å². The van der Waals surface area contributed by atoms with Crippen LogP contribution in [0, 0.1) is 0 Å². The Bertz CT molecular complexity index is 1470. The Morgan fingerprint density at radius 2 is 1.71 bits per heavy atom. The molecule has 3 aromatic heterocycles. The average molecular weight is 508 g/mol. The number of fused-ring (bicyclic) bond motifs is 2. The van der Waals surface area contributed by atoms with Gasteiger partial charge in [0, 0.05) is 12.6 Å². The van der Waals surface area contributed by atoms with Gasteiger partial charge in [0.05, 0.1) is 37.2 Å². The minimum Gasteiger partial charge on any atom is -0.493 e. The molecule has 0 N–H and O–H groups in total. The minimum atomic E-state index is 0.525. The molecular weight excluding hydrogens is 482 g/mol. The Morgan fingerprint density at radius 3 is 2.37 bits per heavy atom. The molecule has 8 nitrogen and oxygen atoms in total. The Morgan fingerprint density at radius 1 is 0.971 bits per heavy atom. The highest BCUT2D eigenvalue weighted by molar-refractivity contribution is 8.01. The fraction of sp³-hybridized carbons (Fsp3) is 0.280. The van der Waals surface area contributed by atoms with E-state index in [-0.39, 0.29) is 0 Å². The molecule has 0 saturated heterocycles. The van der Waals surface area contributed by atoms with E-state index in [0.29, 0.717) is 23.1 Å². The topological polar surface area (TPSA) is 84.2 Å². The first kappa shape index (κ1) is 23.4. The number of ether oxygens (including phenoxy) is 3. The second kappa shape index (κ2) is 9.71. The number of benzene rings is 2. The summed E-state index contributed by atoms with van der Waals surface area (Å²) in [6.07, 6.45) is 1.80. The first-order chi connectivity index (χ1) is 17.1. The molecule has 0 aliphatic carbocycles. The number of aryl methyl sites for hydroxylation is 2. The van der Waals surface area contributed by atoms with Crippen LogP contribution in [0.3, 0.4) is 0 Å². The van der Waals surface area contributed by atoms with Crippen molar-refractivity contribution in [3.05, 3.63) is 42.1 Å². The number of hydrogen-bond acceptors (Lipinski definition) is 9. The van der Waals surface area contributed by atoms with Crippen molar-refractivity contribution in [3.8, 4) is 28.6 Å². The summed E-state index contributed by atoms with van der Waals surface area (Å²) >= 11 is 3.18. The maximum absolute atomic E-state index is 5.56. The van der Waals surface area contributed by atoms with Crippen molar-refractivity contribution in [1.29, 1.82) is 0 Å². The van der Waals surface area contributed by atoms with Gasteiger partial charge in [-0.25, -0.2) is 15.0 Å². The molecule has 180 valence electrons. The quantitative estimate of drug-likeness (QED) is 0.245. The summed E-state index contributed by atoms with van der Waals surface area (Å²) in [6, 6.07) is 11.9. The van der Waals surface area contributed by atoms with Gasteiger partial charge >= 0.3 is 0 Å². The van der Waals surface area contributed by atoms with Gasteiger partial charge < -0.3 is 14.2 Å². The molecule has 5 rings (SSSR count). The summed E-state index contributed by atoms with van der Waals surface area (Å²) in [5.74, 6) is 2.18. The molecule has 0 unspecified atom stereocenters. The van der Waals surface area contributed by atoms with Crippen LogP contribution in [-0.4, -0.2) is 46.1 Å². The summed E-state index contributed by atoms with van der Waals surface area (Å²) in [7, 11) is 6.72. The summed E-state index contributed by atoms with van der Waals surface area (Å²) in [5, 5.41) is 5.57. The lowest BCUT2D eigenvalue weighted by Gasteiger charge is -2.14. The molecule has 0 atom stereocenters. The molecule has 0 bridgehead atoms. The molecule has 3 heterocycles. The van der Waals surface area contributed by atoms with Crippen molar-refractivity contribution < 1.29 is 14.2 Å². The normalized spacial score (nSPS) is 11.3. The molecule has 0 amide bonds. The average Bonchev–Trinajstić information content (AvgIpc) is 3.43. The summed E-state index contributed by atoms with van der Waals surface area (Å²) in [6.45, 7) is 2.14. The zero-order valence-corrected chi connectivity index (χ0v) is 21.8. The third-order valence-electron chi connectivity index (χ3n) is 5.59. The van der Waals surface area contributed by atoms with Crippen molar-refractivity contribution in [1.82, 2.24) is 24.7 Å². The van der Waals surface area contributed by atoms with Gasteiger partial charge in [-0.3, -0.25) is 4.68 Å². The van der Waals surface area contributed by atoms with Crippen LogP contribution < -0.4 is 14.2 Å². The van der Waals surface area contributed by atoms with Crippen LogP contribution in [-0.2, 0) is 13.5 Å². The van der Waals surface area contributed by atoms with E-state index in [4.69, 9.17) is 34.3 Å². The number of rotatable bonds is 8. The Labute approximate surface area is 211 Å². The van der Waals surface area contributed by atoms with Crippen molar-refractivity contribution >= 4 is 44.3 Å². The molecular formula is C25H25N5O3S2. The lowest BCUT2D eigenvalue weighted by atomic mass is 10.1. The highest BCUT2D eigenvalue weighted by atomic mass is 32.2. The zero-order valence-electron chi connectivity index (χ0n) is 20.2. The lowest BCUT2D eigenvalue weighted by Crippen LogP contribution is -1.99. The number of methoxy groups -OCH3 is 3. The molecule has 0 fully saturated rings. The van der Waals surface area contributed by atoms with Crippen molar-refractivity contribution in [2.75, 3.05) is 21.3 Å². The van der Waals surface area contributed by atoms with E-state index < -0.39 is 0 Å². The van der Waals surface area contributed by atoms with Gasteiger partial charge in [0.25, 0.3) is 0 Å². The lowest BCUT2D eigenvalue weighted by molar-refractivity contribution is 0.324. The van der Waals surface area contributed by atoms with Crippen molar-refractivity contribution in [3.63, 3.8) is 0 Å². The van der Waals surface area contributed by atoms with E-state index in [1.165, 1.54) is 11.8 Å². The smallest absolute Gasteiger partial charge is 0.203 e. The van der Waals surface area contributed by atoms with Crippen LogP contribution in [0.5, 0.6) is 17.2 Å². The highest BCUT2D eigenvalue weighted by Crippen LogP contribution is 2.42. The molecule has 0 saturated carbocycles. The van der Waals surface area contributed by atoms with Crippen LogP contribution in [0.4, 0.5) is 0 Å². The fourth-order valence-electron chi connectivity index (χ4n) is 4.00. The molecule has 10 heteroatoms. The van der Waals surface area contributed by atoms with Gasteiger partial charge in [-0.15, -0.1) is 11.3 Å². The number of nitrogens with zero attached hydrogens (tertiary/aromatic N) is 5. The third-order valence-corrected chi connectivity index (χ3v) is 7.66. The third kappa shape index (κ3) is 4.28. The van der Waals surface area contributed by atoms with Crippen molar-refractivity contribution in [2.45, 2.75) is 29.1 Å². The Hall–Kier alpha value is -3.37. The number of thiazole rings is 1. The predicted molar refractivity (Wildman–Crippen MR) is 139 cm³/mol. The molecule has 0 spiro atoms. The van der Waals surface area contributed by atoms with E-state index in [2.05, 4.69) is 13.0 Å². The largest absolute Gasteiger partial charge is 0.493 e. The summed E-state index contributed by atoms with van der Waals surface area (Å²) < 4.78 is 20.5. The summed E-state index contributed by atoms with van der Waals surface area (Å²) in [4.78, 5) is 14.7.